The van der Waals surface area contributed by atoms with Crippen molar-refractivity contribution in [2.24, 2.45) is 20.6 Å². The summed E-state index contributed by atoms with van der Waals surface area (Å²) in [7, 11) is 1.35. The minimum absolute atomic E-state index is 0. The molecule has 1 heterocycles. The molecular weight excluding hydrogens is 429 g/mol. The van der Waals surface area contributed by atoms with Gasteiger partial charge in [0.2, 0.25) is 0 Å². The van der Waals surface area contributed by atoms with Gasteiger partial charge in [-0.3, -0.25) is 0 Å². The van der Waals surface area contributed by atoms with E-state index < -0.39 is 0 Å². The molecule has 0 amide bonds. The summed E-state index contributed by atoms with van der Waals surface area (Å²) in [6.45, 7) is 8.64. The summed E-state index contributed by atoms with van der Waals surface area (Å²) in [6.07, 6.45) is 9.09. The molecule has 12 heteroatoms. The average Bonchev–Trinajstić information content (AvgIpc) is 2.78. The number of rotatable bonds is 3. The Kier molecular flexibility index (Phi) is 29.0. The van der Waals surface area contributed by atoms with Crippen LogP contribution in [0.5, 0.6) is 0 Å². The second kappa shape index (κ2) is 25.0. The van der Waals surface area contributed by atoms with Crippen LogP contribution in [0.25, 0.3) is 5.32 Å². The largest absolute Gasteiger partial charge is 2.00 e. The molecule has 1 rings (SSSR count). The van der Waals surface area contributed by atoms with E-state index in [1.807, 2.05) is 18.2 Å². The third-order valence-corrected chi connectivity index (χ3v) is 2.73. The van der Waals surface area contributed by atoms with Crippen LogP contribution in [0.15, 0.2) is 57.1 Å². The van der Waals surface area contributed by atoms with Crippen molar-refractivity contribution in [3.8, 4) is 0 Å². The first-order valence-corrected chi connectivity index (χ1v) is 7.86. The smallest absolute Gasteiger partial charge is 0.687 e. The second-order valence-electron chi connectivity index (χ2n) is 4.69. The van der Waals surface area contributed by atoms with Crippen LogP contribution in [0, 0.1) is 0 Å². The van der Waals surface area contributed by atoms with E-state index >= 15 is 0 Å². The van der Waals surface area contributed by atoms with Crippen LogP contribution >= 0.6 is 0 Å². The van der Waals surface area contributed by atoms with Gasteiger partial charge in [-0.2, -0.15) is 6.20 Å². The Balaban J connectivity index is -0.000000143. The SMILES string of the molecule is C/C=C(/[O-])OC.C1=CC[N-]C=C1.CC(=N\O)/C(C)=N/O.CC(=N\O)/C(C)=N/O.[Co+2]. The van der Waals surface area contributed by atoms with Crippen LogP contribution in [0.1, 0.15) is 34.6 Å². The molecule has 29 heavy (non-hydrogen) atoms. The third kappa shape index (κ3) is 25.0. The molecule has 0 saturated carbocycles. The fourth-order valence-electron chi connectivity index (χ4n) is 0.779. The van der Waals surface area contributed by atoms with Gasteiger partial charge in [0, 0.05) is 5.95 Å². The van der Waals surface area contributed by atoms with Crippen molar-refractivity contribution in [1.29, 1.82) is 0 Å². The zero-order valence-corrected chi connectivity index (χ0v) is 18.3. The molecule has 0 spiro atoms. The normalized spacial score (nSPS) is 13.8. The molecule has 1 aliphatic heterocycles. The Labute approximate surface area is 181 Å². The Hall–Kier alpha value is -2.99. The quantitative estimate of drug-likeness (QED) is 0.219. The standard InChI is InChI=1S/C5H6N.2C4H8N2O2.C4H8O2.Co/c1-2-4-6-5-3-1;2*1-3(5-7)4(2)6-8;1-3-4(5)6-2;/h1-4H,5H2;2*7-8H,1-2H3;3,5H,1-2H3;/q-1;;;;+2/p-1/b;2*5-3+,6-4+;4-3-;. The fraction of sp³-hybridized carbons (Fsp3) is 0.412. The van der Waals surface area contributed by atoms with Gasteiger partial charge in [0.25, 0.3) is 0 Å². The van der Waals surface area contributed by atoms with Crippen LogP contribution in [0.4, 0.5) is 0 Å². The van der Waals surface area contributed by atoms with Crippen molar-refractivity contribution in [2.45, 2.75) is 34.6 Å². The summed E-state index contributed by atoms with van der Waals surface area (Å²) in [4.78, 5) is 0. The monoisotopic (exact) mass is 458 g/mol. The first-order chi connectivity index (χ1) is 13.2. The van der Waals surface area contributed by atoms with Crippen LogP contribution < -0.4 is 5.11 Å². The first-order valence-electron chi connectivity index (χ1n) is 7.86. The molecule has 0 saturated heterocycles. The Morgan fingerprint density at radius 2 is 1.28 bits per heavy atom. The maximum Gasteiger partial charge on any atom is 2.00 e. The topological polar surface area (TPSA) is 177 Å². The fourth-order valence-corrected chi connectivity index (χ4v) is 0.779. The Bertz CT molecular complexity index is 537. The molecule has 0 aromatic carbocycles. The van der Waals surface area contributed by atoms with Gasteiger partial charge in [0.15, 0.2) is 0 Å². The predicted octanol–water partition coefficient (Wildman–Crippen LogP) is 2.67. The molecule has 0 aromatic rings. The predicted molar refractivity (Wildman–Crippen MR) is 107 cm³/mol. The van der Waals surface area contributed by atoms with Crippen LogP contribution in [-0.4, -0.2) is 57.3 Å². The van der Waals surface area contributed by atoms with E-state index in [-0.39, 0.29) is 22.7 Å². The number of hydrogen-bond donors (Lipinski definition) is 4. The third-order valence-electron chi connectivity index (χ3n) is 2.73. The van der Waals surface area contributed by atoms with Crippen molar-refractivity contribution in [2.75, 3.05) is 13.7 Å². The molecule has 0 fully saturated rings. The number of allylic oxidation sites excluding steroid dienone is 3. The van der Waals surface area contributed by atoms with E-state index in [9.17, 15) is 5.11 Å². The van der Waals surface area contributed by atoms with Crippen molar-refractivity contribution < 1.29 is 47.5 Å². The van der Waals surface area contributed by atoms with Gasteiger partial charge in [0.1, 0.15) is 22.8 Å². The average molecular weight is 458 g/mol. The minimum Gasteiger partial charge on any atom is -0.687 e. The van der Waals surface area contributed by atoms with Crippen LogP contribution in [0.3, 0.4) is 0 Å². The van der Waals surface area contributed by atoms with Gasteiger partial charge in [-0.25, -0.2) is 0 Å². The van der Waals surface area contributed by atoms with Crippen LogP contribution in [-0.2, 0) is 21.5 Å². The summed E-state index contributed by atoms with van der Waals surface area (Å²) in [5.74, 6) is -0.282. The van der Waals surface area contributed by atoms with Crippen LogP contribution in [0.2, 0.25) is 0 Å². The van der Waals surface area contributed by atoms with E-state index in [1.54, 1.807) is 13.1 Å². The molecule has 11 nitrogen and oxygen atoms in total. The maximum absolute atomic E-state index is 9.90. The van der Waals surface area contributed by atoms with E-state index in [0.29, 0.717) is 22.8 Å². The second-order valence-corrected chi connectivity index (χ2v) is 4.69. The van der Waals surface area contributed by atoms with E-state index in [0.717, 1.165) is 6.54 Å². The van der Waals surface area contributed by atoms with E-state index in [4.69, 9.17) is 20.8 Å². The van der Waals surface area contributed by atoms with Crippen molar-refractivity contribution in [1.82, 2.24) is 0 Å². The molecule has 1 aliphatic rings. The molecular formula is C17H29CoN5O6. The number of nitrogens with zero attached hydrogens (tertiary/aromatic N) is 5. The van der Waals surface area contributed by atoms with Gasteiger partial charge >= 0.3 is 16.8 Å². The van der Waals surface area contributed by atoms with Gasteiger partial charge in [-0.1, -0.05) is 38.9 Å². The first kappa shape index (κ1) is 33.6. The van der Waals surface area contributed by atoms with Gasteiger partial charge in [0.05, 0.1) is 0 Å². The Morgan fingerprint density at radius 1 is 0.897 bits per heavy atom. The molecule has 0 atom stereocenters. The van der Waals surface area contributed by atoms with Gasteiger partial charge < -0.3 is 36.0 Å². The minimum atomic E-state index is -0.282. The van der Waals surface area contributed by atoms with Gasteiger partial charge in [-0.05, 0) is 41.7 Å². The molecule has 1 radical (unpaired) electrons. The van der Waals surface area contributed by atoms with Crippen molar-refractivity contribution >= 4 is 22.8 Å². The van der Waals surface area contributed by atoms with E-state index in [1.165, 1.54) is 40.9 Å². The zero-order chi connectivity index (χ0) is 22.4. The maximum atomic E-state index is 9.90. The number of ether oxygens (including phenoxy) is 1. The summed E-state index contributed by atoms with van der Waals surface area (Å²) in [5.41, 5.74) is 1.25. The van der Waals surface area contributed by atoms with Crippen molar-refractivity contribution in [3.63, 3.8) is 0 Å². The summed E-state index contributed by atoms with van der Waals surface area (Å²) in [5, 5.41) is 57.1. The van der Waals surface area contributed by atoms with Gasteiger partial charge in [-0.15, -0.1) is 12.6 Å². The zero-order valence-electron chi connectivity index (χ0n) is 17.3. The molecule has 4 N–H and O–H groups in total. The van der Waals surface area contributed by atoms with Crippen molar-refractivity contribution in [3.05, 3.63) is 41.8 Å². The Morgan fingerprint density at radius 3 is 1.34 bits per heavy atom. The molecule has 167 valence electrons. The summed E-state index contributed by atoms with van der Waals surface area (Å²) >= 11 is 0. The number of methoxy groups -OCH3 is 1. The van der Waals surface area contributed by atoms with E-state index in [2.05, 4.69) is 30.7 Å². The number of oxime groups is 4. The number of hydrogen-bond acceptors (Lipinski definition) is 10. The molecule has 0 unspecified atom stereocenters. The molecule has 0 aromatic heterocycles. The summed E-state index contributed by atoms with van der Waals surface area (Å²) in [6, 6.07) is 0. The molecule has 0 aliphatic carbocycles. The summed E-state index contributed by atoms with van der Waals surface area (Å²) < 4.78 is 4.20. The molecule has 0 bridgehead atoms.